The molecule has 0 N–H and O–H groups in total. The maximum Gasteiger partial charge on any atom is 0.341 e. The van der Waals surface area contributed by atoms with Crippen molar-refractivity contribution >= 4 is 23.3 Å². The Kier molecular flexibility index (Phi) is 11.3. The number of likely N-dealkylation sites (tertiary alicyclic amines) is 1. The molecule has 0 bridgehead atoms. The van der Waals surface area contributed by atoms with E-state index in [1.54, 1.807) is 6.07 Å². The molecule has 0 amide bonds. The van der Waals surface area contributed by atoms with Crippen LogP contribution < -0.4 is 14.4 Å². The summed E-state index contributed by atoms with van der Waals surface area (Å²) in [6, 6.07) is 29.8. The summed E-state index contributed by atoms with van der Waals surface area (Å²) in [7, 11) is 1.39. The number of nitrogens with zero attached hydrogens (tertiary/aromatic N) is 3. The third-order valence-electron chi connectivity index (χ3n) is 9.04. The highest BCUT2D eigenvalue weighted by Gasteiger charge is 2.22. The van der Waals surface area contributed by atoms with Gasteiger partial charge in [0.15, 0.2) is 0 Å². The number of carbonyl (C=O) groups is 1. The summed E-state index contributed by atoms with van der Waals surface area (Å²) in [6.45, 7) is 8.58. The van der Waals surface area contributed by atoms with E-state index >= 15 is 0 Å². The van der Waals surface area contributed by atoms with Crippen molar-refractivity contribution in [2.75, 3.05) is 64.4 Å². The normalized spacial score (nSPS) is 15.7. The molecule has 0 aliphatic carbocycles. The van der Waals surface area contributed by atoms with Gasteiger partial charge >= 0.3 is 5.97 Å². The first kappa shape index (κ1) is 32.9. The van der Waals surface area contributed by atoms with E-state index in [-0.39, 0.29) is 0 Å². The van der Waals surface area contributed by atoms with Crippen molar-refractivity contribution in [3.05, 3.63) is 107 Å². The Labute approximate surface area is 283 Å². The fraction of sp³-hybridized carbons (Fsp3) is 0.359. The molecule has 4 aromatic carbocycles. The van der Waals surface area contributed by atoms with Crippen LogP contribution >= 0.6 is 11.6 Å². The number of esters is 1. The van der Waals surface area contributed by atoms with Crippen LogP contribution in [-0.2, 0) is 11.3 Å². The second kappa shape index (κ2) is 16.2. The van der Waals surface area contributed by atoms with Gasteiger partial charge in [0.1, 0.15) is 22.8 Å². The Balaban J connectivity index is 1.12. The van der Waals surface area contributed by atoms with Gasteiger partial charge in [-0.05, 0) is 97.6 Å². The smallest absolute Gasteiger partial charge is 0.341 e. The van der Waals surface area contributed by atoms with Crippen LogP contribution in [0.15, 0.2) is 91.0 Å². The van der Waals surface area contributed by atoms with Crippen LogP contribution in [0.2, 0.25) is 5.02 Å². The highest BCUT2D eigenvalue weighted by Crippen LogP contribution is 2.33. The predicted octanol–water partition coefficient (Wildman–Crippen LogP) is 8.16. The van der Waals surface area contributed by atoms with Crippen LogP contribution in [0.25, 0.3) is 11.1 Å². The lowest BCUT2D eigenvalue weighted by atomic mass is 9.98. The molecule has 2 heterocycles. The highest BCUT2D eigenvalue weighted by atomic mass is 35.5. The zero-order valence-corrected chi connectivity index (χ0v) is 28.0. The minimum atomic E-state index is -0.419. The molecule has 6 rings (SSSR count). The Morgan fingerprint density at radius 3 is 2.28 bits per heavy atom. The number of rotatable bonds is 12. The third-order valence-corrected chi connectivity index (χ3v) is 9.29. The van der Waals surface area contributed by atoms with Crippen LogP contribution in [0.4, 0.5) is 5.69 Å². The van der Waals surface area contributed by atoms with E-state index in [1.807, 2.05) is 54.6 Å². The molecule has 0 unspecified atom stereocenters. The van der Waals surface area contributed by atoms with E-state index in [9.17, 15) is 4.79 Å². The standard InChI is InChI=1S/C39H44ClN3O4/c1-45-39(44)37-17-15-33(28-38(37)47-34-9-4-2-5-10-34)43-24-22-42(23-25-43)29-31-27-35(46-26-8-21-41-19-6-3-7-20-41)16-18-36(31)30-11-13-32(40)14-12-30/h2,4-5,9-18,27-28H,3,6-8,19-26,29H2,1H3. The molecule has 0 aromatic heterocycles. The zero-order valence-electron chi connectivity index (χ0n) is 27.2. The summed E-state index contributed by atoms with van der Waals surface area (Å²) in [5.41, 5.74) is 5.02. The molecular formula is C39H44ClN3O4. The molecule has 2 saturated heterocycles. The summed E-state index contributed by atoms with van der Waals surface area (Å²) < 4.78 is 17.4. The second-order valence-corrected chi connectivity index (χ2v) is 12.7. The number of piperazine rings is 1. The quantitative estimate of drug-likeness (QED) is 0.113. The van der Waals surface area contributed by atoms with Crippen molar-refractivity contribution in [1.29, 1.82) is 0 Å². The predicted molar refractivity (Wildman–Crippen MR) is 189 cm³/mol. The average molecular weight is 654 g/mol. The van der Waals surface area contributed by atoms with Crippen molar-refractivity contribution in [3.63, 3.8) is 0 Å². The first-order chi connectivity index (χ1) is 23.1. The number of halogens is 1. The molecule has 0 atom stereocenters. The number of methoxy groups -OCH3 is 1. The van der Waals surface area contributed by atoms with E-state index in [0.717, 1.165) is 74.3 Å². The van der Waals surface area contributed by atoms with Crippen molar-refractivity contribution < 1.29 is 19.0 Å². The highest BCUT2D eigenvalue weighted by molar-refractivity contribution is 6.30. The molecule has 0 radical (unpaired) electrons. The largest absolute Gasteiger partial charge is 0.494 e. The van der Waals surface area contributed by atoms with E-state index in [0.29, 0.717) is 17.1 Å². The fourth-order valence-electron chi connectivity index (χ4n) is 6.45. The Morgan fingerprint density at radius 2 is 1.53 bits per heavy atom. The Hall–Kier alpha value is -4.04. The zero-order chi connectivity index (χ0) is 32.4. The monoisotopic (exact) mass is 653 g/mol. The summed E-state index contributed by atoms with van der Waals surface area (Å²) in [6.07, 6.45) is 5.03. The summed E-state index contributed by atoms with van der Waals surface area (Å²) in [5, 5.41) is 0.733. The molecule has 8 heteroatoms. The van der Waals surface area contributed by atoms with Crippen LogP contribution in [0, 0.1) is 0 Å². The number of hydrogen-bond acceptors (Lipinski definition) is 7. The molecule has 2 aliphatic rings. The second-order valence-electron chi connectivity index (χ2n) is 12.3. The summed E-state index contributed by atoms with van der Waals surface area (Å²) >= 11 is 6.23. The van der Waals surface area contributed by atoms with Crippen LogP contribution in [-0.4, -0.2) is 75.3 Å². The summed E-state index contributed by atoms with van der Waals surface area (Å²) in [4.78, 5) is 19.9. The first-order valence-corrected chi connectivity index (χ1v) is 17.1. The van der Waals surface area contributed by atoms with Gasteiger partial charge < -0.3 is 24.0 Å². The molecule has 0 saturated carbocycles. The lowest BCUT2D eigenvalue weighted by Gasteiger charge is -2.36. The number of ether oxygens (including phenoxy) is 3. The SMILES string of the molecule is COC(=O)c1ccc(N2CCN(Cc3cc(OCCCN4CCCCC4)ccc3-c3ccc(Cl)cc3)CC2)cc1Oc1ccccc1. The van der Waals surface area contributed by atoms with Crippen LogP contribution in [0.5, 0.6) is 17.2 Å². The fourth-order valence-corrected chi connectivity index (χ4v) is 6.58. The number of piperidine rings is 1. The maximum atomic E-state index is 12.5. The Morgan fingerprint density at radius 1 is 0.766 bits per heavy atom. The topological polar surface area (TPSA) is 54.5 Å². The van der Waals surface area contributed by atoms with Gasteiger partial charge in [-0.15, -0.1) is 0 Å². The summed E-state index contributed by atoms with van der Waals surface area (Å²) in [5.74, 6) is 1.66. The lowest BCUT2D eigenvalue weighted by Crippen LogP contribution is -2.46. The number of anilines is 1. The van der Waals surface area contributed by atoms with Crippen molar-refractivity contribution in [2.45, 2.75) is 32.2 Å². The third kappa shape index (κ3) is 8.86. The Bertz CT molecular complexity index is 1600. The maximum absolute atomic E-state index is 12.5. The number of para-hydroxylation sites is 1. The van der Waals surface area contributed by atoms with Gasteiger partial charge in [0.2, 0.25) is 0 Å². The molecule has 7 nitrogen and oxygen atoms in total. The average Bonchev–Trinajstić information content (AvgIpc) is 3.11. The number of benzene rings is 4. The van der Waals surface area contributed by atoms with Crippen molar-refractivity contribution in [1.82, 2.24) is 9.80 Å². The molecular weight excluding hydrogens is 610 g/mol. The molecule has 2 aliphatic heterocycles. The number of carbonyl (C=O) groups excluding carboxylic acids is 1. The van der Waals surface area contributed by atoms with Gasteiger partial charge in [-0.25, -0.2) is 4.79 Å². The van der Waals surface area contributed by atoms with Gasteiger partial charge in [-0.1, -0.05) is 54.4 Å². The van der Waals surface area contributed by atoms with E-state index < -0.39 is 5.97 Å². The van der Waals surface area contributed by atoms with E-state index in [4.69, 9.17) is 25.8 Å². The van der Waals surface area contributed by atoms with E-state index in [1.165, 1.54) is 50.6 Å². The molecule has 4 aromatic rings. The van der Waals surface area contributed by atoms with Crippen molar-refractivity contribution in [3.8, 4) is 28.4 Å². The van der Waals surface area contributed by atoms with Gasteiger partial charge in [0.05, 0.1) is 13.7 Å². The molecule has 2 fully saturated rings. The van der Waals surface area contributed by atoms with Gasteiger partial charge in [-0.3, -0.25) is 4.90 Å². The van der Waals surface area contributed by atoms with Gasteiger partial charge in [0.25, 0.3) is 0 Å². The minimum absolute atomic E-state index is 0.405. The minimum Gasteiger partial charge on any atom is -0.494 e. The molecule has 47 heavy (non-hydrogen) atoms. The first-order valence-electron chi connectivity index (χ1n) is 16.7. The number of hydrogen-bond donors (Lipinski definition) is 0. The lowest BCUT2D eigenvalue weighted by molar-refractivity contribution is 0.0598. The van der Waals surface area contributed by atoms with Gasteiger partial charge in [-0.2, -0.15) is 0 Å². The van der Waals surface area contributed by atoms with Gasteiger partial charge in [0, 0.05) is 56.0 Å². The van der Waals surface area contributed by atoms with E-state index in [2.05, 4.69) is 45.0 Å². The van der Waals surface area contributed by atoms with Crippen LogP contribution in [0.1, 0.15) is 41.6 Å². The molecule has 0 spiro atoms. The van der Waals surface area contributed by atoms with Crippen molar-refractivity contribution in [2.24, 2.45) is 0 Å². The molecule has 246 valence electrons. The van der Waals surface area contributed by atoms with Crippen LogP contribution in [0.3, 0.4) is 0 Å².